The Hall–Kier alpha value is -3.91. The first-order valence-electron chi connectivity index (χ1n) is 10.8. The molecule has 2 atom stereocenters. The molecule has 0 amide bonds. The molecule has 0 aromatic heterocycles. The summed E-state index contributed by atoms with van der Waals surface area (Å²) in [6, 6.07) is 19.9. The molecule has 8 heteroatoms. The van der Waals surface area contributed by atoms with Gasteiger partial charge in [0.15, 0.2) is 6.10 Å². The van der Waals surface area contributed by atoms with Crippen molar-refractivity contribution in [3.05, 3.63) is 101 Å². The predicted octanol–water partition coefficient (Wildman–Crippen LogP) is 4.89. The molecule has 3 aromatic rings. The van der Waals surface area contributed by atoms with E-state index in [1.807, 2.05) is 54.6 Å². The van der Waals surface area contributed by atoms with Gasteiger partial charge in [-0.3, -0.25) is 0 Å². The number of carboxylic acids is 1. The van der Waals surface area contributed by atoms with Crippen LogP contribution in [0.2, 0.25) is 0 Å². The molecule has 1 N–H and O–H groups in total. The number of fused-ring (bicyclic) bond motifs is 1. The number of rotatable bonds is 7. The van der Waals surface area contributed by atoms with Crippen molar-refractivity contribution in [1.82, 2.24) is 5.06 Å². The van der Waals surface area contributed by atoms with Crippen molar-refractivity contribution < 1.29 is 33.4 Å². The Bertz CT molecular complexity index is 1170. The molecule has 0 spiro atoms. The highest BCUT2D eigenvalue weighted by Gasteiger charge is 2.35. The van der Waals surface area contributed by atoms with Crippen LogP contribution >= 0.6 is 0 Å². The van der Waals surface area contributed by atoms with Crippen molar-refractivity contribution in [2.45, 2.75) is 32.1 Å². The van der Waals surface area contributed by atoms with Gasteiger partial charge in [0.05, 0.1) is 0 Å². The second-order valence-corrected chi connectivity index (χ2v) is 7.89. The van der Waals surface area contributed by atoms with E-state index in [9.17, 15) is 19.1 Å². The Kier molecular flexibility index (Phi) is 7.08. The minimum atomic E-state index is -1.16. The van der Waals surface area contributed by atoms with Crippen molar-refractivity contribution in [3.63, 3.8) is 0 Å². The number of hydrogen-bond acceptors (Lipinski definition) is 6. The van der Waals surface area contributed by atoms with Gasteiger partial charge in [0.1, 0.15) is 24.2 Å². The number of hydroxylamine groups is 2. The third-order valence-electron chi connectivity index (χ3n) is 5.55. The van der Waals surface area contributed by atoms with E-state index in [0.29, 0.717) is 18.5 Å². The zero-order valence-electron chi connectivity index (χ0n) is 18.5. The van der Waals surface area contributed by atoms with Crippen LogP contribution in [0.5, 0.6) is 5.75 Å². The maximum absolute atomic E-state index is 14.3. The zero-order chi connectivity index (χ0) is 24.1. The number of carbonyl (C=O) groups is 2. The maximum Gasteiger partial charge on any atom is 0.528 e. The number of ether oxygens (including phenoxy) is 2. The lowest BCUT2D eigenvalue weighted by atomic mass is 9.89. The molecule has 34 heavy (non-hydrogen) atoms. The summed E-state index contributed by atoms with van der Waals surface area (Å²) in [5.41, 5.74) is 2.95. The van der Waals surface area contributed by atoms with Crippen LogP contribution in [0.1, 0.15) is 35.2 Å². The highest BCUT2D eigenvalue weighted by Crippen LogP contribution is 2.40. The van der Waals surface area contributed by atoms with Gasteiger partial charge < -0.3 is 19.4 Å². The average molecular weight is 465 g/mol. The largest absolute Gasteiger partial charge is 0.528 e. The standard InChI is InChI=1S/C26H24FNO6/c1-17(25(29)30)33-23-12-11-20(27)15-22(23)24-21-10-6-5-9-19(21)13-14-28(24)34-26(31)32-16-18-7-3-2-4-8-18/h2-12,15,17,24H,13-14,16H2,1H3,(H,29,30)/t17-,24+/m1/s1. The minimum absolute atomic E-state index is 0.0409. The lowest BCUT2D eigenvalue weighted by Gasteiger charge is -2.36. The Morgan fingerprint density at radius 1 is 1.06 bits per heavy atom. The molecule has 0 saturated carbocycles. The smallest absolute Gasteiger partial charge is 0.479 e. The summed E-state index contributed by atoms with van der Waals surface area (Å²) in [5.74, 6) is -1.50. The summed E-state index contributed by atoms with van der Waals surface area (Å²) in [4.78, 5) is 29.4. The molecule has 4 rings (SSSR count). The number of nitrogens with zero attached hydrogens (tertiary/aromatic N) is 1. The van der Waals surface area contributed by atoms with Crippen LogP contribution in [0, 0.1) is 5.82 Å². The second kappa shape index (κ2) is 10.4. The van der Waals surface area contributed by atoms with Gasteiger partial charge in [-0.05, 0) is 48.2 Å². The van der Waals surface area contributed by atoms with Gasteiger partial charge in [-0.2, -0.15) is 0 Å². The Labute approximate surface area is 196 Å². The van der Waals surface area contributed by atoms with Gasteiger partial charge in [-0.15, -0.1) is 5.06 Å². The fourth-order valence-electron chi connectivity index (χ4n) is 3.88. The molecule has 176 valence electrons. The van der Waals surface area contributed by atoms with Gasteiger partial charge in [0.2, 0.25) is 0 Å². The molecule has 0 bridgehead atoms. The van der Waals surface area contributed by atoms with Gasteiger partial charge in [0, 0.05) is 12.1 Å². The summed E-state index contributed by atoms with van der Waals surface area (Å²) in [5, 5.41) is 10.7. The number of carboxylic acid groups (broad SMARTS) is 1. The monoisotopic (exact) mass is 465 g/mol. The van der Waals surface area contributed by atoms with Gasteiger partial charge in [-0.1, -0.05) is 54.6 Å². The van der Waals surface area contributed by atoms with Crippen LogP contribution in [-0.4, -0.2) is 34.9 Å². The summed E-state index contributed by atoms with van der Waals surface area (Å²) >= 11 is 0. The van der Waals surface area contributed by atoms with Crippen LogP contribution in [-0.2, 0) is 27.4 Å². The number of benzene rings is 3. The molecule has 0 unspecified atom stereocenters. The average Bonchev–Trinajstić information content (AvgIpc) is 2.84. The third kappa shape index (κ3) is 5.35. The molecule has 1 aliphatic heterocycles. The third-order valence-corrected chi connectivity index (χ3v) is 5.55. The van der Waals surface area contributed by atoms with E-state index < -0.39 is 30.1 Å². The molecular formula is C26H24FNO6. The van der Waals surface area contributed by atoms with E-state index in [0.717, 1.165) is 16.7 Å². The second-order valence-electron chi connectivity index (χ2n) is 7.89. The lowest BCUT2D eigenvalue weighted by molar-refractivity contribution is -0.153. The van der Waals surface area contributed by atoms with Gasteiger partial charge >= 0.3 is 12.1 Å². The highest BCUT2D eigenvalue weighted by atomic mass is 19.1. The maximum atomic E-state index is 14.3. The normalized spacial score (nSPS) is 16.2. The fraction of sp³-hybridized carbons (Fsp3) is 0.231. The van der Waals surface area contributed by atoms with Crippen LogP contribution in [0.15, 0.2) is 72.8 Å². The van der Waals surface area contributed by atoms with Gasteiger partial charge in [-0.25, -0.2) is 14.0 Å². The van der Waals surface area contributed by atoms with Crippen LogP contribution < -0.4 is 4.74 Å². The van der Waals surface area contributed by atoms with Crippen molar-refractivity contribution in [1.29, 1.82) is 0 Å². The summed E-state index contributed by atoms with van der Waals surface area (Å²) < 4.78 is 25.2. The molecule has 0 aliphatic carbocycles. The Balaban J connectivity index is 1.64. The van der Waals surface area contributed by atoms with E-state index in [1.54, 1.807) is 0 Å². The Morgan fingerprint density at radius 3 is 2.56 bits per heavy atom. The predicted molar refractivity (Wildman–Crippen MR) is 121 cm³/mol. The molecule has 1 aliphatic rings. The molecule has 0 fully saturated rings. The summed E-state index contributed by atoms with van der Waals surface area (Å²) in [7, 11) is 0. The molecule has 0 radical (unpaired) electrons. The van der Waals surface area contributed by atoms with Crippen molar-refractivity contribution >= 4 is 12.1 Å². The number of hydrogen-bond donors (Lipinski definition) is 1. The number of carbonyl (C=O) groups excluding carboxylic acids is 1. The molecule has 0 saturated heterocycles. The fourth-order valence-corrected chi connectivity index (χ4v) is 3.88. The van der Waals surface area contributed by atoms with E-state index in [2.05, 4.69) is 0 Å². The van der Waals surface area contributed by atoms with Crippen LogP contribution in [0.4, 0.5) is 9.18 Å². The van der Waals surface area contributed by atoms with E-state index in [4.69, 9.17) is 14.3 Å². The number of halogens is 1. The summed E-state index contributed by atoms with van der Waals surface area (Å²) in [6.07, 6.45) is -1.46. The molecule has 3 aromatic carbocycles. The molecule has 7 nitrogen and oxygen atoms in total. The van der Waals surface area contributed by atoms with Crippen LogP contribution in [0.25, 0.3) is 0 Å². The van der Waals surface area contributed by atoms with Crippen molar-refractivity contribution in [2.75, 3.05) is 6.54 Å². The first-order chi connectivity index (χ1) is 16.4. The molecule has 1 heterocycles. The zero-order valence-corrected chi connectivity index (χ0v) is 18.5. The van der Waals surface area contributed by atoms with E-state index in [-0.39, 0.29) is 12.4 Å². The minimum Gasteiger partial charge on any atom is -0.479 e. The number of aliphatic carboxylic acids is 1. The van der Waals surface area contributed by atoms with Crippen LogP contribution in [0.3, 0.4) is 0 Å². The van der Waals surface area contributed by atoms with Gasteiger partial charge in [0.25, 0.3) is 0 Å². The lowest BCUT2D eigenvalue weighted by Crippen LogP contribution is -2.38. The summed E-state index contributed by atoms with van der Waals surface area (Å²) in [6.45, 7) is 1.76. The van der Waals surface area contributed by atoms with Crippen molar-refractivity contribution in [2.24, 2.45) is 0 Å². The van der Waals surface area contributed by atoms with E-state index >= 15 is 0 Å². The quantitative estimate of drug-likeness (QED) is 0.497. The van der Waals surface area contributed by atoms with Crippen molar-refractivity contribution in [3.8, 4) is 5.75 Å². The molecular weight excluding hydrogens is 441 g/mol. The highest BCUT2D eigenvalue weighted by molar-refractivity contribution is 5.72. The first-order valence-corrected chi connectivity index (χ1v) is 10.8. The topological polar surface area (TPSA) is 85.3 Å². The van der Waals surface area contributed by atoms with E-state index in [1.165, 1.54) is 30.2 Å². The Morgan fingerprint density at radius 2 is 1.79 bits per heavy atom. The first kappa shape index (κ1) is 23.3. The SMILES string of the molecule is C[C@@H](Oc1ccc(F)cc1[C@@H]1c2ccccc2CCN1OC(=O)OCc1ccccc1)C(=O)O.